The van der Waals surface area contributed by atoms with Gasteiger partial charge >= 0.3 is 0 Å². The molecular formula is C45H36BNS. The molecule has 0 atom stereocenters. The van der Waals surface area contributed by atoms with Gasteiger partial charge in [-0.25, -0.2) is 0 Å². The van der Waals surface area contributed by atoms with Crippen LogP contribution in [0.15, 0.2) is 202 Å². The maximum Gasteiger partial charge on any atom is 0.244 e. The summed E-state index contributed by atoms with van der Waals surface area (Å²) >= 11 is 0. The molecule has 0 saturated carbocycles. The van der Waals surface area contributed by atoms with Gasteiger partial charge in [0.15, 0.2) is 0 Å². The molecule has 0 saturated heterocycles. The Kier molecular flexibility index (Phi) is 6.74. The van der Waals surface area contributed by atoms with Gasteiger partial charge in [-0.15, -0.1) is 10.0 Å². The third kappa shape index (κ3) is 4.14. The van der Waals surface area contributed by atoms with Crippen LogP contribution in [0.3, 0.4) is 0 Å². The van der Waals surface area contributed by atoms with E-state index < -0.39 is 10.0 Å². The monoisotopic (exact) mass is 633 g/mol. The molecule has 0 unspecified atom stereocenters. The van der Waals surface area contributed by atoms with Gasteiger partial charge in [-0.3, -0.25) is 0 Å². The first-order valence-electron chi connectivity index (χ1n) is 16.8. The summed E-state index contributed by atoms with van der Waals surface area (Å²) in [4.78, 5) is 8.04. The second-order valence-corrected chi connectivity index (χ2v) is 16.4. The quantitative estimate of drug-likeness (QED) is 0.174. The number of rotatable bonds is 4. The number of fused-ring (bicyclic) bond motifs is 4. The Morgan fingerprint density at radius 1 is 0.438 bits per heavy atom. The van der Waals surface area contributed by atoms with E-state index in [-0.39, 0.29) is 12.1 Å². The Morgan fingerprint density at radius 3 is 1.35 bits per heavy atom. The van der Waals surface area contributed by atoms with Crippen molar-refractivity contribution in [2.24, 2.45) is 0 Å². The van der Waals surface area contributed by atoms with E-state index in [2.05, 4.69) is 201 Å². The van der Waals surface area contributed by atoms with Crippen molar-refractivity contribution < 1.29 is 0 Å². The summed E-state index contributed by atoms with van der Waals surface area (Å²) in [6, 6.07) is 68.0. The summed E-state index contributed by atoms with van der Waals surface area (Å²) in [6.07, 6.45) is 0. The van der Waals surface area contributed by atoms with Gasteiger partial charge in [-0.1, -0.05) is 152 Å². The van der Waals surface area contributed by atoms with E-state index in [9.17, 15) is 0 Å². The van der Waals surface area contributed by atoms with Crippen molar-refractivity contribution in [2.45, 2.75) is 38.8 Å². The standard InChI is InChI=1S/C45H36BNS/c1-45(2)37-21-9-13-25-41(37)47(42-26-14-10-22-38(42)45)34-31-29-33(30-32-34)46-39-23-11-15-27-43(39)48(35-17-5-3-6-18-35,36-19-7-4-8-20-36)44-28-16-12-24-40(44)46/h3-32H,1-2H3. The number of nitrogens with zero attached hydrogens (tertiary/aromatic N) is 1. The fourth-order valence-corrected chi connectivity index (χ4v) is 12.6. The second kappa shape index (κ2) is 11.2. The number of hydrogen-bond donors (Lipinski definition) is 0. The van der Waals surface area contributed by atoms with Gasteiger partial charge in [0.2, 0.25) is 6.71 Å². The molecule has 48 heavy (non-hydrogen) atoms. The average Bonchev–Trinajstić information content (AvgIpc) is 3.15. The summed E-state index contributed by atoms with van der Waals surface area (Å²) in [5.74, 6) is 0. The second-order valence-electron chi connectivity index (χ2n) is 13.3. The molecule has 0 bridgehead atoms. The smallest absolute Gasteiger partial charge is 0.244 e. The minimum Gasteiger partial charge on any atom is -0.310 e. The maximum absolute atomic E-state index is 2.45. The number of para-hydroxylation sites is 2. The molecule has 9 rings (SSSR count). The Hall–Kier alpha value is -5.25. The molecule has 230 valence electrons. The van der Waals surface area contributed by atoms with E-state index in [1.54, 1.807) is 0 Å². The SMILES string of the molecule is CC1(C)c2ccccc2N(c2ccc(B3c4ccccc4S(c4ccccc4)(c4ccccc4)c4ccccc43)cc2)c2ccccc21. The third-order valence-electron chi connectivity index (χ3n) is 10.4. The van der Waals surface area contributed by atoms with Gasteiger partial charge in [0, 0.05) is 20.9 Å². The van der Waals surface area contributed by atoms with Crippen molar-refractivity contribution in [1.82, 2.24) is 0 Å². The predicted octanol–water partition coefficient (Wildman–Crippen LogP) is 9.97. The fraction of sp³-hybridized carbons (Fsp3) is 0.0667. The van der Waals surface area contributed by atoms with Gasteiger partial charge in [0.25, 0.3) is 0 Å². The Bertz CT molecular complexity index is 2140. The van der Waals surface area contributed by atoms with Crippen LogP contribution >= 0.6 is 10.0 Å². The molecule has 3 heteroatoms. The Morgan fingerprint density at radius 2 is 0.854 bits per heavy atom. The molecule has 0 radical (unpaired) electrons. The van der Waals surface area contributed by atoms with Crippen LogP contribution in [-0.2, 0) is 5.41 Å². The van der Waals surface area contributed by atoms with Crippen molar-refractivity contribution in [3.05, 3.63) is 193 Å². The van der Waals surface area contributed by atoms with E-state index in [1.165, 1.54) is 64.2 Å². The number of anilines is 3. The molecule has 1 nitrogen and oxygen atoms in total. The van der Waals surface area contributed by atoms with Gasteiger partial charge in [0.1, 0.15) is 0 Å². The summed E-state index contributed by atoms with van der Waals surface area (Å²) in [5, 5.41) is 0. The molecule has 0 N–H and O–H groups in total. The third-order valence-corrected chi connectivity index (χ3v) is 14.5. The van der Waals surface area contributed by atoms with Crippen molar-refractivity contribution in [2.75, 3.05) is 4.90 Å². The lowest BCUT2D eigenvalue weighted by Gasteiger charge is -2.48. The molecule has 0 spiro atoms. The van der Waals surface area contributed by atoms with Crippen molar-refractivity contribution in [1.29, 1.82) is 0 Å². The first kappa shape index (κ1) is 28.9. The molecule has 2 aliphatic heterocycles. The van der Waals surface area contributed by atoms with Gasteiger partial charge in [-0.05, 0) is 81.6 Å². The van der Waals surface area contributed by atoms with Crippen LogP contribution in [-0.4, -0.2) is 6.71 Å². The summed E-state index contributed by atoms with van der Waals surface area (Å²) in [5.41, 5.74) is 10.4. The van der Waals surface area contributed by atoms with E-state index in [1.807, 2.05) is 0 Å². The number of benzene rings is 7. The predicted molar refractivity (Wildman–Crippen MR) is 204 cm³/mol. The van der Waals surface area contributed by atoms with Crippen LogP contribution in [0.1, 0.15) is 25.0 Å². The Balaban J connectivity index is 1.23. The van der Waals surface area contributed by atoms with E-state index in [0.717, 1.165) is 0 Å². The van der Waals surface area contributed by atoms with Gasteiger partial charge in [0.05, 0.1) is 11.4 Å². The van der Waals surface area contributed by atoms with E-state index in [4.69, 9.17) is 0 Å². The van der Waals surface area contributed by atoms with E-state index >= 15 is 0 Å². The molecule has 2 heterocycles. The maximum atomic E-state index is 2.45. The zero-order chi connectivity index (χ0) is 32.3. The lowest BCUT2D eigenvalue weighted by molar-refractivity contribution is 0.632. The van der Waals surface area contributed by atoms with Crippen LogP contribution in [0.2, 0.25) is 0 Å². The highest BCUT2D eigenvalue weighted by molar-refractivity contribution is 8.34. The molecule has 0 amide bonds. The van der Waals surface area contributed by atoms with Crippen molar-refractivity contribution in [3.63, 3.8) is 0 Å². The van der Waals surface area contributed by atoms with E-state index in [0.29, 0.717) is 0 Å². The molecule has 7 aromatic rings. The van der Waals surface area contributed by atoms with Crippen LogP contribution < -0.4 is 21.3 Å². The molecule has 2 aliphatic rings. The first-order chi connectivity index (χ1) is 23.6. The summed E-state index contributed by atoms with van der Waals surface area (Å²) in [7, 11) is -1.73. The fourth-order valence-electron chi connectivity index (χ4n) is 8.30. The van der Waals surface area contributed by atoms with Gasteiger partial charge in [-0.2, -0.15) is 0 Å². The molecule has 0 aromatic heterocycles. The van der Waals surface area contributed by atoms with Gasteiger partial charge < -0.3 is 4.90 Å². The molecular weight excluding hydrogens is 597 g/mol. The highest BCUT2D eigenvalue weighted by Gasteiger charge is 2.44. The Labute approximate surface area is 285 Å². The lowest BCUT2D eigenvalue weighted by atomic mass is 9.36. The largest absolute Gasteiger partial charge is 0.310 e. The molecule has 0 fully saturated rings. The van der Waals surface area contributed by atoms with Crippen molar-refractivity contribution >= 4 is 50.2 Å². The molecule has 0 aliphatic carbocycles. The highest BCUT2D eigenvalue weighted by atomic mass is 32.3. The zero-order valence-corrected chi connectivity index (χ0v) is 28.1. The highest BCUT2D eigenvalue weighted by Crippen LogP contribution is 2.73. The average molecular weight is 634 g/mol. The number of hydrogen-bond acceptors (Lipinski definition) is 1. The minimum atomic E-state index is -1.73. The van der Waals surface area contributed by atoms with Crippen molar-refractivity contribution in [3.8, 4) is 0 Å². The van der Waals surface area contributed by atoms with Crippen LogP contribution in [0.4, 0.5) is 17.1 Å². The normalized spacial score (nSPS) is 15.8. The molecule has 7 aromatic carbocycles. The lowest BCUT2D eigenvalue weighted by Crippen LogP contribution is -2.56. The first-order valence-corrected chi connectivity index (χ1v) is 18.4. The van der Waals surface area contributed by atoms with Crippen LogP contribution in [0.5, 0.6) is 0 Å². The zero-order valence-electron chi connectivity index (χ0n) is 27.3. The van der Waals surface area contributed by atoms with Crippen LogP contribution in [0.25, 0.3) is 0 Å². The summed E-state index contributed by atoms with van der Waals surface area (Å²) < 4.78 is 0. The minimum absolute atomic E-state index is 0.0779. The topological polar surface area (TPSA) is 3.24 Å². The van der Waals surface area contributed by atoms with Crippen LogP contribution in [0, 0.1) is 0 Å². The summed E-state index contributed by atoms with van der Waals surface area (Å²) in [6.45, 7) is 4.81.